The molecule has 3 aromatic carbocycles. The van der Waals surface area contributed by atoms with Crippen LogP contribution in [0.5, 0.6) is 0 Å². The molecule has 2 heterocycles. The highest BCUT2D eigenvalue weighted by Crippen LogP contribution is 2.34. The largest absolute Gasteiger partial charge is 0.322 e. The van der Waals surface area contributed by atoms with Gasteiger partial charge in [0.1, 0.15) is 11.6 Å². The normalized spacial score (nSPS) is 15.8. The zero-order valence-electron chi connectivity index (χ0n) is 19.9. The van der Waals surface area contributed by atoms with Gasteiger partial charge in [0.05, 0.1) is 27.8 Å². The van der Waals surface area contributed by atoms with E-state index < -0.39 is 0 Å². The van der Waals surface area contributed by atoms with Gasteiger partial charge in [-0.25, -0.2) is 14.2 Å². The molecule has 8 heteroatoms. The minimum atomic E-state index is -0.350. The van der Waals surface area contributed by atoms with Crippen LogP contribution in [0.4, 0.5) is 14.9 Å². The number of nitrogens with zero attached hydrogens (tertiary/aromatic N) is 3. The van der Waals surface area contributed by atoms with Crippen LogP contribution in [0.25, 0.3) is 22.4 Å². The Hall–Kier alpha value is -3.71. The Balaban J connectivity index is 1.52. The van der Waals surface area contributed by atoms with E-state index in [1.165, 1.54) is 12.1 Å². The number of ketones is 1. The third kappa shape index (κ3) is 4.71. The number of urea groups is 1. The van der Waals surface area contributed by atoms with Gasteiger partial charge >= 0.3 is 6.03 Å². The zero-order chi connectivity index (χ0) is 25.2. The van der Waals surface area contributed by atoms with E-state index in [2.05, 4.69) is 9.88 Å². The Kier molecular flexibility index (Phi) is 6.74. The number of hydrogen-bond donors (Lipinski definition) is 1. The first-order valence-corrected chi connectivity index (χ1v) is 12.4. The highest BCUT2D eigenvalue weighted by molar-refractivity contribution is 6.33. The Bertz CT molecular complexity index is 1450. The van der Waals surface area contributed by atoms with Crippen molar-refractivity contribution < 1.29 is 14.0 Å². The molecule has 1 atom stereocenters. The molecule has 1 fully saturated rings. The number of benzene rings is 3. The van der Waals surface area contributed by atoms with E-state index in [1.54, 1.807) is 29.2 Å². The van der Waals surface area contributed by atoms with E-state index >= 15 is 0 Å². The second-order valence-corrected chi connectivity index (χ2v) is 9.36. The van der Waals surface area contributed by atoms with E-state index in [4.69, 9.17) is 16.6 Å². The third-order valence-corrected chi connectivity index (χ3v) is 6.91. The number of piperidine rings is 1. The van der Waals surface area contributed by atoms with Gasteiger partial charge in [-0.15, -0.1) is 0 Å². The van der Waals surface area contributed by atoms with E-state index in [0.717, 1.165) is 18.4 Å². The SMILES string of the molecule is CCC(=O)c1ccc2c(c1)nc(-c1cccc(F)c1)n2C1CCCN(C(=O)Nc2ccccc2Cl)C1. The summed E-state index contributed by atoms with van der Waals surface area (Å²) in [7, 11) is 0. The summed E-state index contributed by atoms with van der Waals surface area (Å²) in [6.45, 7) is 2.90. The number of imidazole rings is 1. The molecule has 1 unspecified atom stereocenters. The lowest BCUT2D eigenvalue weighted by atomic mass is 10.0. The molecule has 0 aliphatic carbocycles. The molecule has 184 valence electrons. The molecule has 0 radical (unpaired) electrons. The lowest BCUT2D eigenvalue weighted by molar-refractivity contribution is 0.0988. The molecule has 2 amide bonds. The van der Waals surface area contributed by atoms with Gasteiger partial charge in [-0.1, -0.05) is 42.8 Å². The van der Waals surface area contributed by atoms with Crippen molar-refractivity contribution in [2.24, 2.45) is 0 Å². The highest BCUT2D eigenvalue weighted by Gasteiger charge is 2.29. The minimum Gasteiger partial charge on any atom is -0.322 e. The van der Waals surface area contributed by atoms with E-state index in [1.807, 2.05) is 37.3 Å². The van der Waals surface area contributed by atoms with Crippen LogP contribution in [0.2, 0.25) is 5.02 Å². The summed E-state index contributed by atoms with van der Waals surface area (Å²) in [4.78, 5) is 32.0. The average Bonchev–Trinajstić information content (AvgIpc) is 3.28. The number of aromatic nitrogens is 2. The number of anilines is 1. The van der Waals surface area contributed by atoms with E-state index in [9.17, 15) is 14.0 Å². The number of para-hydroxylation sites is 1. The molecule has 1 aliphatic rings. The fraction of sp³-hybridized carbons (Fsp3) is 0.250. The van der Waals surface area contributed by atoms with Crippen molar-refractivity contribution in [1.29, 1.82) is 0 Å². The quantitative estimate of drug-likeness (QED) is 0.299. The molecule has 5 rings (SSSR count). The maximum absolute atomic E-state index is 14.2. The molecule has 1 aromatic heterocycles. The van der Waals surface area contributed by atoms with Crippen LogP contribution in [0, 0.1) is 5.82 Å². The smallest absolute Gasteiger partial charge is 0.321 e. The predicted octanol–water partition coefficient (Wildman–Crippen LogP) is 6.96. The standard InChI is InChI=1S/C28H26ClFN4O2/c1-2-26(35)18-12-13-25-24(16-18)31-27(19-7-5-8-20(30)15-19)34(25)21-9-6-14-33(17-21)28(36)32-23-11-4-3-10-22(23)29/h3-5,7-8,10-13,15-16,21H,2,6,9,14,17H2,1H3,(H,32,36). The van der Waals surface area contributed by atoms with Crippen LogP contribution < -0.4 is 5.32 Å². The van der Waals surface area contributed by atoms with Crippen LogP contribution >= 0.6 is 11.6 Å². The molecule has 1 saturated heterocycles. The summed E-state index contributed by atoms with van der Waals surface area (Å²) >= 11 is 6.23. The maximum atomic E-state index is 14.2. The monoisotopic (exact) mass is 504 g/mol. The summed E-state index contributed by atoms with van der Waals surface area (Å²) in [6, 6.07) is 18.7. The number of Topliss-reactive ketones (excluding diaryl/α,β-unsaturated/α-hetero) is 1. The number of likely N-dealkylation sites (tertiary alicyclic amines) is 1. The highest BCUT2D eigenvalue weighted by atomic mass is 35.5. The molecular weight excluding hydrogens is 479 g/mol. The lowest BCUT2D eigenvalue weighted by Crippen LogP contribution is -2.43. The molecule has 36 heavy (non-hydrogen) atoms. The number of carbonyl (C=O) groups excluding carboxylic acids is 2. The van der Waals surface area contributed by atoms with Crippen molar-refractivity contribution in [3.05, 3.63) is 83.1 Å². The fourth-order valence-corrected chi connectivity index (χ4v) is 4.97. The predicted molar refractivity (Wildman–Crippen MR) is 140 cm³/mol. The second-order valence-electron chi connectivity index (χ2n) is 8.95. The van der Waals surface area contributed by atoms with Crippen LogP contribution in [-0.4, -0.2) is 39.4 Å². The van der Waals surface area contributed by atoms with Gasteiger partial charge in [0.25, 0.3) is 0 Å². The van der Waals surface area contributed by atoms with Gasteiger partial charge in [0.15, 0.2) is 5.78 Å². The average molecular weight is 505 g/mol. The third-order valence-electron chi connectivity index (χ3n) is 6.58. The maximum Gasteiger partial charge on any atom is 0.321 e. The first-order chi connectivity index (χ1) is 17.4. The second kappa shape index (κ2) is 10.1. The van der Waals surface area contributed by atoms with E-state index in [0.29, 0.717) is 52.7 Å². The van der Waals surface area contributed by atoms with Gasteiger partial charge in [-0.2, -0.15) is 0 Å². The first kappa shape index (κ1) is 24.0. The van der Waals surface area contributed by atoms with Crippen LogP contribution in [0.3, 0.4) is 0 Å². The van der Waals surface area contributed by atoms with Crippen molar-refractivity contribution >= 4 is 40.1 Å². The molecular formula is C28H26ClFN4O2. The minimum absolute atomic E-state index is 0.0406. The van der Waals surface area contributed by atoms with Crippen molar-refractivity contribution in [1.82, 2.24) is 14.5 Å². The van der Waals surface area contributed by atoms with Gasteiger partial charge < -0.3 is 14.8 Å². The molecule has 6 nitrogen and oxygen atoms in total. The summed E-state index contributed by atoms with van der Waals surface area (Å²) in [5.74, 6) is 0.306. The van der Waals surface area contributed by atoms with Crippen molar-refractivity contribution in [3.8, 4) is 11.4 Å². The molecule has 0 spiro atoms. The van der Waals surface area contributed by atoms with Gasteiger partial charge in [-0.05, 0) is 55.3 Å². The number of amides is 2. The molecule has 1 aliphatic heterocycles. The molecule has 0 bridgehead atoms. The Morgan fingerprint density at radius 1 is 1.11 bits per heavy atom. The number of fused-ring (bicyclic) bond motifs is 1. The summed E-state index contributed by atoms with van der Waals surface area (Å²) < 4.78 is 16.2. The van der Waals surface area contributed by atoms with Gasteiger partial charge in [0.2, 0.25) is 0 Å². The lowest BCUT2D eigenvalue weighted by Gasteiger charge is -2.34. The molecule has 4 aromatic rings. The Morgan fingerprint density at radius 3 is 2.72 bits per heavy atom. The number of hydrogen-bond acceptors (Lipinski definition) is 3. The molecule has 0 saturated carbocycles. The summed E-state index contributed by atoms with van der Waals surface area (Å²) in [6.07, 6.45) is 2.04. The van der Waals surface area contributed by atoms with Crippen molar-refractivity contribution in [3.63, 3.8) is 0 Å². The van der Waals surface area contributed by atoms with Gasteiger partial charge in [-0.3, -0.25) is 4.79 Å². The first-order valence-electron chi connectivity index (χ1n) is 12.1. The molecule has 1 N–H and O–H groups in total. The summed E-state index contributed by atoms with van der Waals surface area (Å²) in [5.41, 5.74) is 3.33. The van der Waals surface area contributed by atoms with Crippen LogP contribution in [0.15, 0.2) is 66.7 Å². The Morgan fingerprint density at radius 2 is 1.94 bits per heavy atom. The number of carbonyl (C=O) groups is 2. The zero-order valence-corrected chi connectivity index (χ0v) is 20.6. The summed E-state index contributed by atoms with van der Waals surface area (Å²) in [5, 5.41) is 3.38. The van der Waals surface area contributed by atoms with Crippen LogP contribution in [-0.2, 0) is 0 Å². The fourth-order valence-electron chi connectivity index (χ4n) is 4.78. The van der Waals surface area contributed by atoms with Crippen molar-refractivity contribution in [2.75, 3.05) is 18.4 Å². The van der Waals surface area contributed by atoms with Crippen molar-refractivity contribution in [2.45, 2.75) is 32.2 Å². The topological polar surface area (TPSA) is 67.2 Å². The Labute approximate surface area is 213 Å². The number of halogens is 2. The number of nitrogens with one attached hydrogen (secondary N) is 1. The van der Waals surface area contributed by atoms with Gasteiger partial charge in [0, 0.05) is 30.6 Å². The van der Waals surface area contributed by atoms with Crippen LogP contribution in [0.1, 0.15) is 42.6 Å². The number of rotatable bonds is 5. The van der Waals surface area contributed by atoms with E-state index in [-0.39, 0.29) is 23.7 Å².